The number of ketones is 1. The molecular formula is C22H21N3O3. The molecule has 2 aromatic carbocycles. The fourth-order valence-corrected chi connectivity index (χ4v) is 2.81. The van der Waals surface area contributed by atoms with Crippen molar-refractivity contribution in [3.05, 3.63) is 71.8 Å². The number of aromatic nitrogens is 2. The van der Waals surface area contributed by atoms with Gasteiger partial charge in [0.15, 0.2) is 11.6 Å². The van der Waals surface area contributed by atoms with E-state index in [0.29, 0.717) is 22.7 Å². The van der Waals surface area contributed by atoms with Gasteiger partial charge in [-0.05, 0) is 37.3 Å². The number of anilines is 1. The molecule has 0 aliphatic rings. The van der Waals surface area contributed by atoms with E-state index in [2.05, 4.69) is 10.2 Å². The maximum Gasteiger partial charge on any atom is 0.232 e. The highest BCUT2D eigenvalue weighted by Crippen LogP contribution is 2.23. The minimum absolute atomic E-state index is 0.0629. The van der Waals surface area contributed by atoms with E-state index in [9.17, 15) is 9.59 Å². The predicted molar refractivity (Wildman–Crippen MR) is 108 cm³/mol. The highest BCUT2D eigenvalue weighted by Gasteiger charge is 2.17. The van der Waals surface area contributed by atoms with Gasteiger partial charge in [-0.25, -0.2) is 0 Å². The lowest BCUT2D eigenvalue weighted by molar-refractivity contribution is -0.117. The average Bonchev–Trinajstić information content (AvgIpc) is 2.73. The monoisotopic (exact) mass is 375 g/mol. The zero-order valence-electron chi connectivity index (χ0n) is 16.0. The molecule has 0 saturated carbocycles. The largest absolute Gasteiger partial charge is 0.496 e. The molecule has 142 valence electrons. The van der Waals surface area contributed by atoms with Crippen LogP contribution in [0.5, 0.6) is 5.75 Å². The van der Waals surface area contributed by atoms with Crippen LogP contribution in [0.4, 0.5) is 5.82 Å². The first-order chi connectivity index (χ1) is 13.5. The lowest BCUT2D eigenvalue weighted by Crippen LogP contribution is -2.29. The molecular weight excluding hydrogens is 354 g/mol. The number of carbonyl (C=O) groups excluding carboxylic acids is 2. The van der Waals surface area contributed by atoms with E-state index >= 15 is 0 Å². The van der Waals surface area contributed by atoms with Crippen LogP contribution in [0, 0.1) is 0 Å². The molecule has 0 N–H and O–H groups in total. The van der Waals surface area contributed by atoms with E-state index in [1.165, 1.54) is 18.9 Å². The number of likely N-dealkylation sites (N-methyl/N-ethyl adjacent to an activating group) is 1. The molecule has 1 amide bonds. The van der Waals surface area contributed by atoms with Gasteiger partial charge in [0.1, 0.15) is 5.75 Å². The Morgan fingerprint density at radius 3 is 2.36 bits per heavy atom. The van der Waals surface area contributed by atoms with Crippen molar-refractivity contribution in [2.45, 2.75) is 13.3 Å². The smallest absolute Gasteiger partial charge is 0.232 e. The number of Topliss-reactive ketones (excluding diaryl/α,β-unsaturated/α-hetero) is 1. The molecule has 3 rings (SSSR count). The van der Waals surface area contributed by atoms with Crippen molar-refractivity contribution in [2.75, 3.05) is 19.1 Å². The minimum atomic E-state index is -0.180. The summed E-state index contributed by atoms with van der Waals surface area (Å²) in [6.45, 7) is 1.49. The van der Waals surface area contributed by atoms with Crippen molar-refractivity contribution in [2.24, 2.45) is 0 Å². The number of carbonyl (C=O) groups is 2. The molecule has 0 unspecified atom stereocenters. The molecule has 1 heterocycles. The number of amides is 1. The van der Waals surface area contributed by atoms with Crippen molar-refractivity contribution < 1.29 is 14.3 Å². The number of benzene rings is 2. The van der Waals surface area contributed by atoms with Crippen LogP contribution in [-0.2, 0) is 11.2 Å². The Hall–Kier alpha value is -3.54. The normalized spacial score (nSPS) is 10.4. The van der Waals surface area contributed by atoms with Gasteiger partial charge in [0.25, 0.3) is 0 Å². The van der Waals surface area contributed by atoms with Crippen LogP contribution >= 0.6 is 0 Å². The second kappa shape index (κ2) is 8.43. The summed E-state index contributed by atoms with van der Waals surface area (Å²) >= 11 is 0. The minimum Gasteiger partial charge on any atom is -0.496 e. The SMILES string of the molecule is COc1ccc(C(C)=O)cc1CC(=O)N(C)c1ccc(-c2ccccc2)nn1. The van der Waals surface area contributed by atoms with Crippen molar-refractivity contribution in [3.8, 4) is 17.0 Å². The summed E-state index contributed by atoms with van der Waals surface area (Å²) in [6.07, 6.45) is 0.0862. The summed E-state index contributed by atoms with van der Waals surface area (Å²) in [6, 6.07) is 18.4. The average molecular weight is 375 g/mol. The molecule has 6 nitrogen and oxygen atoms in total. The fourth-order valence-electron chi connectivity index (χ4n) is 2.81. The molecule has 6 heteroatoms. The molecule has 0 fully saturated rings. The quantitative estimate of drug-likeness (QED) is 0.616. The van der Waals surface area contributed by atoms with Crippen molar-refractivity contribution >= 4 is 17.5 Å². The van der Waals surface area contributed by atoms with Gasteiger partial charge in [-0.1, -0.05) is 30.3 Å². The topological polar surface area (TPSA) is 72.4 Å². The predicted octanol–water partition coefficient (Wildman–Crippen LogP) is 3.56. The van der Waals surface area contributed by atoms with Crippen LogP contribution in [0.2, 0.25) is 0 Å². The maximum atomic E-state index is 12.7. The van der Waals surface area contributed by atoms with Gasteiger partial charge >= 0.3 is 0 Å². The molecule has 0 atom stereocenters. The summed E-state index contributed by atoms with van der Waals surface area (Å²) in [4.78, 5) is 25.8. The Bertz CT molecular complexity index is 986. The molecule has 0 spiro atoms. The Balaban J connectivity index is 1.78. The third-order valence-corrected chi connectivity index (χ3v) is 4.47. The standard InChI is InChI=1S/C22H21N3O3/c1-15(26)17-9-11-20(28-3)18(13-17)14-22(27)25(2)21-12-10-19(23-24-21)16-7-5-4-6-8-16/h4-13H,14H2,1-3H3. The summed E-state index contributed by atoms with van der Waals surface area (Å²) < 4.78 is 5.32. The Morgan fingerprint density at radius 1 is 1.00 bits per heavy atom. The van der Waals surface area contributed by atoms with Gasteiger partial charge in [0.2, 0.25) is 5.91 Å². The van der Waals surface area contributed by atoms with E-state index in [1.807, 2.05) is 36.4 Å². The molecule has 28 heavy (non-hydrogen) atoms. The summed E-state index contributed by atoms with van der Waals surface area (Å²) in [5.74, 6) is 0.775. The molecule has 0 aliphatic heterocycles. The van der Waals surface area contributed by atoms with Crippen molar-refractivity contribution in [1.29, 1.82) is 0 Å². The van der Waals surface area contributed by atoms with Crippen LogP contribution in [0.3, 0.4) is 0 Å². The number of hydrogen-bond acceptors (Lipinski definition) is 5. The fraction of sp³-hybridized carbons (Fsp3) is 0.182. The van der Waals surface area contributed by atoms with E-state index in [4.69, 9.17) is 4.74 Å². The molecule has 0 saturated heterocycles. The van der Waals surface area contributed by atoms with Crippen LogP contribution in [0.1, 0.15) is 22.8 Å². The number of rotatable bonds is 6. The van der Waals surface area contributed by atoms with Gasteiger partial charge in [-0.15, -0.1) is 10.2 Å². The van der Waals surface area contributed by atoms with Crippen LogP contribution in [-0.4, -0.2) is 36.0 Å². The number of ether oxygens (including phenoxy) is 1. The second-order valence-corrected chi connectivity index (χ2v) is 6.36. The van der Waals surface area contributed by atoms with Gasteiger partial charge in [-0.3, -0.25) is 14.5 Å². The number of hydrogen-bond donors (Lipinski definition) is 0. The first-order valence-electron chi connectivity index (χ1n) is 8.83. The van der Waals surface area contributed by atoms with Crippen LogP contribution < -0.4 is 9.64 Å². The van der Waals surface area contributed by atoms with Crippen LogP contribution in [0.15, 0.2) is 60.7 Å². The number of nitrogens with zero attached hydrogens (tertiary/aromatic N) is 3. The lowest BCUT2D eigenvalue weighted by Gasteiger charge is -2.17. The third kappa shape index (κ3) is 4.23. The summed E-state index contributed by atoms with van der Waals surface area (Å²) in [5.41, 5.74) is 2.89. The van der Waals surface area contributed by atoms with Crippen molar-refractivity contribution in [3.63, 3.8) is 0 Å². The first-order valence-corrected chi connectivity index (χ1v) is 8.83. The third-order valence-electron chi connectivity index (χ3n) is 4.47. The van der Waals surface area contributed by atoms with Gasteiger partial charge in [0.05, 0.1) is 19.2 Å². The first kappa shape index (κ1) is 19.2. The van der Waals surface area contributed by atoms with Gasteiger partial charge in [0, 0.05) is 23.7 Å². The Labute approximate surface area is 163 Å². The highest BCUT2D eigenvalue weighted by atomic mass is 16.5. The Morgan fingerprint density at radius 2 is 1.75 bits per heavy atom. The van der Waals surface area contributed by atoms with Gasteiger partial charge in [-0.2, -0.15) is 0 Å². The second-order valence-electron chi connectivity index (χ2n) is 6.36. The zero-order valence-corrected chi connectivity index (χ0v) is 16.0. The maximum absolute atomic E-state index is 12.7. The highest BCUT2D eigenvalue weighted by molar-refractivity contribution is 5.96. The van der Waals surface area contributed by atoms with Crippen molar-refractivity contribution in [1.82, 2.24) is 10.2 Å². The molecule has 0 radical (unpaired) electrons. The van der Waals surface area contributed by atoms with Crippen LogP contribution in [0.25, 0.3) is 11.3 Å². The van der Waals surface area contributed by atoms with E-state index < -0.39 is 0 Å². The molecule has 0 bridgehead atoms. The summed E-state index contributed by atoms with van der Waals surface area (Å²) in [7, 11) is 3.18. The number of methoxy groups -OCH3 is 1. The lowest BCUT2D eigenvalue weighted by atomic mass is 10.0. The molecule has 0 aliphatic carbocycles. The van der Waals surface area contributed by atoms with E-state index in [0.717, 1.165) is 11.3 Å². The molecule has 1 aromatic heterocycles. The zero-order chi connectivity index (χ0) is 20.1. The molecule has 3 aromatic rings. The van der Waals surface area contributed by atoms with E-state index in [-0.39, 0.29) is 18.1 Å². The Kier molecular flexibility index (Phi) is 5.79. The summed E-state index contributed by atoms with van der Waals surface area (Å²) in [5, 5.41) is 8.39. The van der Waals surface area contributed by atoms with Gasteiger partial charge < -0.3 is 4.74 Å². The van der Waals surface area contributed by atoms with E-state index in [1.54, 1.807) is 31.3 Å².